The monoisotopic (exact) mass is 313 g/mol. The van der Waals surface area contributed by atoms with E-state index < -0.39 is 49.0 Å². The predicted octanol–water partition coefficient (Wildman–Crippen LogP) is -3.86. The molecule has 9 nitrogen and oxygen atoms in total. The van der Waals surface area contributed by atoms with E-state index in [-0.39, 0.29) is 12.2 Å². The van der Waals surface area contributed by atoms with E-state index in [9.17, 15) is 24.9 Å². The molecule has 0 saturated carbocycles. The van der Waals surface area contributed by atoms with Crippen molar-refractivity contribution in [2.45, 2.75) is 36.9 Å². The van der Waals surface area contributed by atoms with Crippen LogP contribution in [0.15, 0.2) is 0 Å². The van der Waals surface area contributed by atoms with E-state index in [0.29, 0.717) is 0 Å². The number of carbonyl (C=O) groups excluding carboxylic acids is 2. The molecule has 0 saturated heterocycles. The van der Waals surface area contributed by atoms with Crippen molar-refractivity contribution in [3.8, 4) is 0 Å². The molecule has 10 heteroatoms. The predicted molar refractivity (Wildman–Crippen MR) is 68.7 cm³/mol. The van der Waals surface area contributed by atoms with Gasteiger partial charge in [0.1, 0.15) is 24.4 Å². The Bertz CT molecular complexity index is 328. The van der Waals surface area contributed by atoms with Crippen LogP contribution in [0.1, 0.15) is 6.42 Å². The van der Waals surface area contributed by atoms with Crippen LogP contribution in [0.25, 0.3) is 0 Å². The lowest BCUT2D eigenvalue weighted by atomic mass is 10.0. The molecule has 0 aliphatic heterocycles. The van der Waals surface area contributed by atoms with Crippen LogP contribution in [0.5, 0.6) is 0 Å². The van der Waals surface area contributed by atoms with E-state index in [2.05, 4.69) is 17.4 Å². The highest BCUT2D eigenvalue weighted by Crippen LogP contribution is 2.07. The van der Waals surface area contributed by atoms with Gasteiger partial charge < -0.3 is 36.0 Å². The topological polar surface area (TPSA) is 171 Å². The average Bonchev–Trinajstić information content (AvgIpc) is 2.43. The minimum atomic E-state index is -2.28. The van der Waals surface area contributed by atoms with Gasteiger partial charge in [-0.2, -0.15) is 12.6 Å². The molecule has 0 bridgehead atoms. The number of aliphatic hydroxyl groups is 5. The van der Waals surface area contributed by atoms with Gasteiger partial charge in [-0.15, -0.1) is 0 Å². The first kappa shape index (κ1) is 19.2. The number of carbonyl (C=O) groups is 2. The van der Waals surface area contributed by atoms with Gasteiger partial charge in [0.15, 0.2) is 6.10 Å². The van der Waals surface area contributed by atoms with Gasteiger partial charge in [0.05, 0.1) is 6.61 Å². The lowest BCUT2D eigenvalue weighted by Gasteiger charge is -2.24. The lowest BCUT2D eigenvalue weighted by molar-refractivity contribution is -0.177. The minimum absolute atomic E-state index is 0.139. The van der Waals surface area contributed by atoms with Crippen molar-refractivity contribution >= 4 is 24.6 Å². The summed E-state index contributed by atoms with van der Waals surface area (Å²) in [6, 6.07) is -1.12. The van der Waals surface area contributed by atoms with E-state index >= 15 is 0 Å². The molecule has 0 amide bonds. The maximum absolute atomic E-state index is 11.3. The number of hydrogen-bond acceptors (Lipinski definition) is 10. The maximum Gasteiger partial charge on any atom is 0.345 e. The van der Waals surface area contributed by atoms with E-state index in [1.165, 1.54) is 0 Å². The fourth-order valence-corrected chi connectivity index (χ4v) is 1.43. The summed E-state index contributed by atoms with van der Waals surface area (Å²) < 4.78 is 4.21. The van der Waals surface area contributed by atoms with Crippen molar-refractivity contribution < 1.29 is 39.9 Å². The highest BCUT2D eigenvalue weighted by atomic mass is 32.1. The SMILES string of the molecule is N[C@H](CCS)C(=O)OC(=O)[C@H](O)[C@@H](O)[C@H](O)[C@H](O)CO. The van der Waals surface area contributed by atoms with Crippen molar-refractivity contribution in [3.63, 3.8) is 0 Å². The summed E-state index contributed by atoms with van der Waals surface area (Å²) in [4.78, 5) is 22.6. The Morgan fingerprint density at radius 1 is 1.10 bits per heavy atom. The molecule has 118 valence electrons. The third kappa shape index (κ3) is 5.71. The Labute approximate surface area is 120 Å². The number of rotatable bonds is 8. The first-order chi connectivity index (χ1) is 9.26. The van der Waals surface area contributed by atoms with Crippen molar-refractivity contribution in [2.75, 3.05) is 12.4 Å². The van der Waals surface area contributed by atoms with Crippen LogP contribution < -0.4 is 5.73 Å². The highest BCUT2D eigenvalue weighted by molar-refractivity contribution is 7.80. The van der Waals surface area contributed by atoms with Crippen LogP contribution in [0, 0.1) is 0 Å². The van der Waals surface area contributed by atoms with Gasteiger partial charge in [-0.1, -0.05) is 0 Å². The molecule has 0 aromatic rings. The number of aliphatic hydroxyl groups excluding tert-OH is 5. The molecule has 0 fully saturated rings. The van der Waals surface area contributed by atoms with Crippen LogP contribution in [-0.4, -0.2) is 80.3 Å². The van der Waals surface area contributed by atoms with Gasteiger partial charge in [0.2, 0.25) is 0 Å². The molecule has 0 aliphatic carbocycles. The molecule has 0 unspecified atom stereocenters. The summed E-state index contributed by atoms with van der Waals surface area (Å²) in [5.41, 5.74) is 5.34. The Hall–Kier alpha value is -0.750. The quantitative estimate of drug-likeness (QED) is 0.134. The molecule has 0 aromatic carbocycles. The number of esters is 2. The molecule has 0 heterocycles. The summed E-state index contributed by atoms with van der Waals surface area (Å²) in [5.74, 6) is -2.37. The van der Waals surface area contributed by atoms with Crippen LogP contribution in [0.2, 0.25) is 0 Å². The normalized spacial score (nSPS) is 18.8. The number of hydrogen-bond donors (Lipinski definition) is 7. The fourth-order valence-electron chi connectivity index (χ4n) is 1.15. The Kier molecular flexibility index (Phi) is 8.89. The van der Waals surface area contributed by atoms with Gasteiger partial charge in [-0.05, 0) is 12.2 Å². The van der Waals surface area contributed by atoms with Gasteiger partial charge in [-0.25, -0.2) is 9.59 Å². The Balaban J connectivity index is 4.51. The zero-order valence-electron chi connectivity index (χ0n) is 10.5. The van der Waals surface area contributed by atoms with Crippen molar-refractivity contribution in [3.05, 3.63) is 0 Å². The van der Waals surface area contributed by atoms with E-state index in [1.54, 1.807) is 0 Å². The van der Waals surface area contributed by atoms with Crippen LogP contribution in [0.3, 0.4) is 0 Å². The third-order valence-electron chi connectivity index (χ3n) is 2.44. The molecule has 0 aliphatic rings. The smallest absolute Gasteiger partial charge is 0.345 e. The second-order valence-corrected chi connectivity index (χ2v) is 4.48. The van der Waals surface area contributed by atoms with Gasteiger partial charge >= 0.3 is 11.9 Å². The van der Waals surface area contributed by atoms with Crippen molar-refractivity contribution in [1.29, 1.82) is 0 Å². The molecule has 0 radical (unpaired) electrons. The molecule has 20 heavy (non-hydrogen) atoms. The summed E-state index contributed by atoms with van der Waals surface area (Å²) in [7, 11) is 0. The second kappa shape index (κ2) is 9.23. The van der Waals surface area contributed by atoms with Crippen LogP contribution in [0.4, 0.5) is 0 Å². The molecule has 7 N–H and O–H groups in total. The standard InChI is InChI=1S/C10H19NO8S/c11-4(1-2-20)9(17)19-10(18)8(16)7(15)6(14)5(13)3-12/h4-8,12-16,20H,1-3,11H2/t4-,5-,6-,7+,8-/m1/s1. The summed E-state index contributed by atoms with van der Waals surface area (Å²) in [6.45, 7) is -0.897. The van der Waals surface area contributed by atoms with Crippen LogP contribution in [-0.2, 0) is 14.3 Å². The zero-order chi connectivity index (χ0) is 15.9. The summed E-state index contributed by atoms with van der Waals surface area (Å²) in [5, 5.41) is 45.7. The van der Waals surface area contributed by atoms with Crippen molar-refractivity contribution in [1.82, 2.24) is 0 Å². The van der Waals surface area contributed by atoms with Gasteiger partial charge in [-0.3, -0.25) is 0 Å². The van der Waals surface area contributed by atoms with Gasteiger partial charge in [0, 0.05) is 0 Å². The summed E-state index contributed by atoms with van der Waals surface area (Å²) in [6.07, 6.45) is -8.05. The Morgan fingerprint density at radius 2 is 1.65 bits per heavy atom. The Morgan fingerprint density at radius 3 is 2.10 bits per heavy atom. The summed E-state index contributed by atoms with van der Waals surface area (Å²) >= 11 is 3.83. The third-order valence-corrected chi connectivity index (χ3v) is 2.70. The van der Waals surface area contributed by atoms with E-state index in [0.717, 1.165) is 0 Å². The minimum Gasteiger partial charge on any atom is -0.394 e. The lowest BCUT2D eigenvalue weighted by Crippen LogP contribution is -2.50. The molecular weight excluding hydrogens is 294 g/mol. The molecule has 0 rings (SSSR count). The molecule has 0 spiro atoms. The van der Waals surface area contributed by atoms with E-state index in [1.807, 2.05) is 0 Å². The average molecular weight is 313 g/mol. The van der Waals surface area contributed by atoms with E-state index in [4.69, 9.17) is 15.9 Å². The molecular formula is C10H19NO8S. The first-order valence-corrected chi connectivity index (χ1v) is 6.34. The van der Waals surface area contributed by atoms with Crippen LogP contribution >= 0.6 is 12.6 Å². The first-order valence-electron chi connectivity index (χ1n) is 5.71. The van der Waals surface area contributed by atoms with Crippen molar-refractivity contribution in [2.24, 2.45) is 5.73 Å². The molecule has 5 atom stereocenters. The largest absolute Gasteiger partial charge is 0.394 e. The fraction of sp³-hybridized carbons (Fsp3) is 0.800. The second-order valence-electron chi connectivity index (χ2n) is 4.03. The molecule has 0 aromatic heterocycles. The maximum atomic E-state index is 11.3. The number of nitrogens with two attached hydrogens (primary N) is 1. The highest BCUT2D eigenvalue weighted by Gasteiger charge is 2.36. The van der Waals surface area contributed by atoms with Gasteiger partial charge in [0.25, 0.3) is 0 Å². The number of thiol groups is 1. The number of ether oxygens (including phenoxy) is 1. The zero-order valence-corrected chi connectivity index (χ0v) is 11.4.